The second-order valence-electron chi connectivity index (χ2n) is 4.53. The van der Waals surface area contributed by atoms with Gasteiger partial charge in [0.05, 0.1) is 0 Å². The molecule has 1 rings (SSSR count). The van der Waals surface area contributed by atoms with Gasteiger partial charge in [0.1, 0.15) is 24.0 Å². The van der Waals surface area contributed by atoms with E-state index in [1.165, 1.54) is 6.33 Å². The number of anilines is 2. The normalized spacial score (nSPS) is 11.8. The Labute approximate surface area is 114 Å². The minimum Gasteiger partial charge on any atom is -0.370 e. The van der Waals surface area contributed by atoms with Crippen LogP contribution in [0.3, 0.4) is 0 Å². The molecule has 0 saturated carbocycles. The van der Waals surface area contributed by atoms with Crippen LogP contribution in [0.15, 0.2) is 6.33 Å². The van der Waals surface area contributed by atoms with Crippen LogP contribution in [-0.4, -0.2) is 47.5 Å². The van der Waals surface area contributed by atoms with E-state index >= 15 is 0 Å². The summed E-state index contributed by atoms with van der Waals surface area (Å²) in [6, 6.07) is -0.315. The zero-order valence-corrected chi connectivity index (χ0v) is 12.3. The average Bonchev–Trinajstić information content (AvgIpc) is 2.38. The lowest BCUT2D eigenvalue weighted by Crippen LogP contribution is -2.37. The van der Waals surface area contributed by atoms with Crippen molar-refractivity contribution in [3.8, 4) is 0 Å². The number of rotatable bonds is 6. The molecule has 0 spiro atoms. The fourth-order valence-electron chi connectivity index (χ4n) is 1.85. The first-order chi connectivity index (χ1) is 9.01. The van der Waals surface area contributed by atoms with Gasteiger partial charge in [0.15, 0.2) is 0 Å². The molecule has 6 heteroatoms. The van der Waals surface area contributed by atoms with E-state index in [4.69, 9.17) is 0 Å². The molecule has 2 N–H and O–H groups in total. The molecule has 0 aromatic carbocycles. The lowest BCUT2D eigenvalue weighted by atomic mass is 10.2. The van der Waals surface area contributed by atoms with E-state index in [-0.39, 0.29) is 11.9 Å². The van der Waals surface area contributed by atoms with Crippen LogP contribution >= 0.6 is 0 Å². The number of hydrogen-bond donors (Lipinski definition) is 2. The molecule has 0 bridgehead atoms. The minimum atomic E-state index is -0.315. The molecule has 1 atom stereocenters. The Kier molecular flexibility index (Phi) is 5.54. The van der Waals surface area contributed by atoms with Gasteiger partial charge in [-0.05, 0) is 20.3 Å². The number of carbonyl (C=O) groups is 1. The summed E-state index contributed by atoms with van der Waals surface area (Å²) in [4.78, 5) is 21.9. The van der Waals surface area contributed by atoms with E-state index < -0.39 is 0 Å². The molecule has 1 unspecified atom stereocenters. The maximum atomic E-state index is 11.9. The molecular weight excluding hydrogens is 242 g/mol. The summed E-state index contributed by atoms with van der Waals surface area (Å²) in [6.45, 7) is 6.70. The van der Waals surface area contributed by atoms with Crippen molar-refractivity contribution >= 4 is 17.5 Å². The van der Waals surface area contributed by atoms with Crippen molar-refractivity contribution in [1.29, 1.82) is 0 Å². The van der Waals surface area contributed by atoms with Gasteiger partial charge < -0.3 is 15.5 Å². The van der Waals surface area contributed by atoms with Crippen molar-refractivity contribution in [2.75, 3.05) is 31.3 Å². The van der Waals surface area contributed by atoms with Crippen LogP contribution < -0.4 is 10.6 Å². The quantitative estimate of drug-likeness (QED) is 0.812. The molecule has 6 nitrogen and oxygen atoms in total. The van der Waals surface area contributed by atoms with E-state index in [1.807, 2.05) is 20.8 Å². The molecule has 106 valence electrons. The van der Waals surface area contributed by atoms with E-state index in [0.29, 0.717) is 0 Å². The Hall–Kier alpha value is -1.85. The van der Waals surface area contributed by atoms with Gasteiger partial charge in [0.25, 0.3) is 0 Å². The Balaban J connectivity index is 2.94. The number of carbonyl (C=O) groups excluding carboxylic acids is 1. The van der Waals surface area contributed by atoms with Gasteiger partial charge >= 0.3 is 0 Å². The minimum absolute atomic E-state index is 0.0191. The highest BCUT2D eigenvalue weighted by Gasteiger charge is 2.17. The zero-order valence-electron chi connectivity index (χ0n) is 12.3. The third-order valence-electron chi connectivity index (χ3n) is 2.81. The lowest BCUT2D eigenvalue weighted by Gasteiger charge is -2.20. The van der Waals surface area contributed by atoms with Crippen molar-refractivity contribution in [1.82, 2.24) is 14.9 Å². The zero-order chi connectivity index (χ0) is 14.4. The first-order valence-corrected chi connectivity index (χ1v) is 6.56. The lowest BCUT2D eigenvalue weighted by molar-refractivity contribution is -0.129. The van der Waals surface area contributed by atoms with E-state index in [2.05, 4.69) is 20.6 Å². The van der Waals surface area contributed by atoms with Crippen molar-refractivity contribution in [3.05, 3.63) is 11.9 Å². The van der Waals surface area contributed by atoms with Crippen LogP contribution in [0.4, 0.5) is 11.6 Å². The standard InChI is InChI=1S/C13H23N5O/c1-6-10-11(14-7-2)15-8-16-12(10)17-9(3)13(19)18(4)5/h8-9H,6-7H2,1-5H3,(H2,14,15,16,17). The smallest absolute Gasteiger partial charge is 0.244 e. The predicted octanol–water partition coefficient (Wildman–Crippen LogP) is 1.36. The van der Waals surface area contributed by atoms with Gasteiger partial charge in [-0.1, -0.05) is 6.92 Å². The van der Waals surface area contributed by atoms with Crippen molar-refractivity contribution in [3.63, 3.8) is 0 Å². The second-order valence-corrected chi connectivity index (χ2v) is 4.53. The van der Waals surface area contributed by atoms with Gasteiger partial charge in [-0.25, -0.2) is 9.97 Å². The van der Waals surface area contributed by atoms with E-state index in [1.54, 1.807) is 19.0 Å². The van der Waals surface area contributed by atoms with Crippen LogP contribution in [0.2, 0.25) is 0 Å². The highest BCUT2D eigenvalue weighted by atomic mass is 16.2. The highest BCUT2D eigenvalue weighted by molar-refractivity contribution is 5.84. The summed E-state index contributed by atoms with van der Waals surface area (Å²) in [5.74, 6) is 1.56. The molecule has 0 aliphatic rings. The van der Waals surface area contributed by atoms with Gasteiger partial charge in [-0.2, -0.15) is 0 Å². The Morgan fingerprint density at radius 1 is 1.32 bits per heavy atom. The molecular formula is C13H23N5O. The first kappa shape index (κ1) is 15.2. The van der Waals surface area contributed by atoms with Crippen molar-refractivity contribution in [2.45, 2.75) is 33.2 Å². The van der Waals surface area contributed by atoms with Gasteiger partial charge in [0.2, 0.25) is 5.91 Å². The maximum absolute atomic E-state index is 11.9. The fourth-order valence-corrected chi connectivity index (χ4v) is 1.85. The Bertz CT molecular complexity index is 433. The summed E-state index contributed by atoms with van der Waals surface area (Å²) in [5.41, 5.74) is 1.00. The van der Waals surface area contributed by atoms with E-state index in [9.17, 15) is 4.79 Å². The monoisotopic (exact) mass is 265 g/mol. The molecule has 1 aromatic rings. The SMILES string of the molecule is CCNc1ncnc(NC(C)C(=O)N(C)C)c1CC. The summed E-state index contributed by atoms with van der Waals surface area (Å²) < 4.78 is 0. The molecule has 1 heterocycles. The number of aromatic nitrogens is 2. The average molecular weight is 265 g/mol. The third-order valence-corrected chi connectivity index (χ3v) is 2.81. The van der Waals surface area contributed by atoms with Crippen LogP contribution in [0.5, 0.6) is 0 Å². The van der Waals surface area contributed by atoms with Gasteiger partial charge in [0, 0.05) is 26.2 Å². The molecule has 1 aromatic heterocycles. The van der Waals surface area contributed by atoms with E-state index in [0.717, 1.165) is 30.2 Å². The largest absolute Gasteiger partial charge is 0.370 e. The Morgan fingerprint density at radius 2 is 1.95 bits per heavy atom. The van der Waals surface area contributed by atoms with Crippen LogP contribution in [-0.2, 0) is 11.2 Å². The Morgan fingerprint density at radius 3 is 2.47 bits per heavy atom. The summed E-state index contributed by atoms with van der Waals surface area (Å²) in [6.07, 6.45) is 2.31. The van der Waals surface area contributed by atoms with Gasteiger partial charge in [-0.3, -0.25) is 4.79 Å². The topological polar surface area (TPSA) is 70.1 Å². The summed E-state index contributed by atoms with van der Waals surface area (Å²) >= 11 is 0. The number of likely N-dealkylation sites (N-methyl/N-ethyl adjacent to an activating group) is 1. The number of nitrogens with zero attached hydrogens (tertiary/aromatic N) is 3. The summed E-state index contributed by atoms with van der Waals surface area (Å²) in [7, 11) is 3.48. The highest BCUT2D eigenvalue weighted by Crippen LogP contribution is 2.21. The van der Waals surface area contributed by atoms with Crippen LogP contribution in [0.25, 0.3) is 0 Å². The molecule has 0 saturated heterocycles. The molecule has 19 heavy (non-hydrogen) atoms. The summed E-state index contributed by atoms with van der Waals surface area (Å²) in [5, 5.41) is 6.37. The van der Waals surface area contributed by atoms with Crippen LogP contribution in [0.1, 0.15) is 26.3 Å². The molecule has 0 radical (unpaired) electrons. The number of amides is 1. The molecule has 0 aliphatic carbocycles. The van der Waals surface area contributed by atoms with Crippen molar-refractivity contribution in [2.24, 2.45) is 0 Å². The van der Waals surface area contributed by atoms with Crippen LogP contribution in [0, 0.1) is 0 Å². The third kappa shape index (κ3) is 3.81. The molecule has 0 fully saturated rings. The predicted molar refractivity (Wildman–Crippen MR) is 77.4 cm³/mol. The number of nitrogens with one attached hydrogen (secondary N) is 2. The fraction of sp³-hybridized carbons (Fsp3) is 0.615. The van der Waals surface area contributed by atoms with Crippen molar-refractivity contribution < 1.29 is 4.79 Å². The molecule has 1 amide bonds. The van der Waals surface area contributed by atoms with Gasteiger partial charge in [-0.15, -0.1) is 0 Å². The first-order valence-electron chi connectivity index (χ1n) is 6.56. The number of hydrogen-bond acceptors (Lipinski definition) is 5. The molecule has 0 aliphatic heterocycles. The maximum Gasteiger partial charge on any atom is 0.244 e. The second kappa shape index (κ2) is 6.92.